The Bertz CT molecular complexity index is 1090. The van der Waals surface area contributed by atoms with Crippen molar-refractivity contribution in [3.05, 3.63) is 101 Å². The van der Waals surface area contributed by atoms with Gasteiger partial charge in [-0.1, -0.05) is 120 Å². The molecule has 1 heterocycles. The molecule has 1 aliphatic heterocycles. The third-order valence-corrected chi connectivity index (χ3v) is 7.92. The average molecular weight is 438 g/mol. The summed E-state index contributed by atoms with van der Waals surface area (Å²) in [7, 11) is 0. The van der Waals surface area contributed by atoms with Crippen molar-refractivity contribution in [1.82, 2.24) is 5.32 Å². The van der Waals surface area contributed by atoms with Gasteiger partial charge in [0.25, 0.3) is 0 Å². The molecule has 2 aromatic rings. The van der Waals surface area contributed by atoms with Gasteiger partial charge in [-0.3, -0.25) is 0 Å². The summed E-state index contributed by atoms with van der Waals surface area (Å²) in [5.41, 5.74) is 7.49. The summed E-state index contributed by atoms with van der Waals surface area (Å²) in [6, 6.07) is 22.8. The highest BCUT2D eigenvalue weighted by molar-refractivity contribution is 5.81. The van der Waals surface area contributed by atoms with Gasteiger partial charge >= 0.3 is 0 Å². The molecule has 0 spiro atoms. The van der Waals surface area contributed by atoms with Crippen LogP contribution < -0.4 is 5.32 Å². The first-order chi connectivity index (χ1) is 15.6. The fourth-order valence-corrected chi connectivity index (χ4v) is 6.30. The molecule has 1 heteroatoms. The molecule has 1 nitrogen and oxygen atoms in total. The summed E-state index contributed by atoms with van der Waals surface area (Å²) < 4.78 is 0. The number of hydrogen-bond donors (Lipinski definition) is 1. The number of benzene rings is 2. The van der Waals surface area contributed by atoms with Gasteiger partial charge in [-0.25, -0.2) is 0 Å². The molecule has 1 N–H and O–H groups in total. The van der Waals surface area contributed by atoms with Gasteiger partial charge in [0, 0.05) is 6.04 Å². The monoisotopic (exact) mass is 437 g/mol. The van der Waals surface area contributed by atoms with Crippen molar-refractivity contribution in [1.29, 1.82) is 0 Å². The maximum atomic E-state index is 4.13. The van der Waals surface area contributed by atoms with Crippen molar-refractivity contribution in [3.8, 4) is 0 Å². The Morgan fingerprint density at radius 3 is 1.94 bits per heavy atom. The highest BCUT2D eigenvalue weighted by atomic mass is 15.0. The third-order valence-electron chi connectivity index (χ3n) is 7.92. The van der Waals surface area contributed by atoms with Gasteiger partial charge in [0.2, 0.25) is 0 Å². The largest absolute Gasteiger partial charge is 0.303 e. The summed E-state index contributed by atoms with van der Waals surface area (Å²) in [5.74, 6) is 1.70. The van der Waals surface area contributed by atoms with Crippen molar-refractivity contribution in [2.24, 2.45) is 28.6 Å². The molecule has 2 aliphatic carbocycles. The summed E-state index contributed by atoms with van der Waals surface area (Å²) in [5, 5.41) is 4.13. The third kappa shape index (κ3) is 4.17. The summed E-state index contributed by atoms with van der Waals surface area (Å²) in [4.78, 5) is 0. The van der Waals surface area contributed by atoms with Crippen LogP contribution in [0.4, 0.5) is 0 Å². The Labute approximate surface area is 200 Å². The normalized spacial score (nSPS) is 29.5. The number of allylic oxidation sites excluding steroid dienone is 4. The minimum atomic E-state index is 0.121. The smallest absolute Gasteiger partial charge is 0.0543 e. The van der Waals surface area contributed by atoms with E-state index >= 15 is 0 Å². The van der Waals surface area contributed by atoms with Crippen LogP contribution in [0.3, 0.4) is 0 Å². The lowest BCUT2D eigenvalue weighted by atomic mass is 9.69. The van der Waals surface area contributed by atoms with Crippen LogP contribution in [0.5, 0.6) is 0 Å². The summed E-state index contributed by atoms with van der Waals surface area (Å²) in [6.45, 7) is 14.2. The van der Waals surface area contributed by atoms with Gasteiger partial charge in [0.1, 0.15) is 0 Å². The second kappa shape index (κ2) is 8.13. The van der Waals surface area contributed by atoms with Gasteiger partial charge in [-0.2, -0.15) is 0 Å². The molecule has 33 heavy (non-hydrogen) atoms. The molecule has 0 amide bonds. The lowest BCUT2D eigenvalue weighted by Crippen LogP contribution is -2.43. The van der Waals surface area contributed by atoms with Gasteiger partial charge in [0.15, 0.2) is 0 Å². The molecule has 0 bridgehead atoms. The van der Waals surface area contributed by atoms with E-state index in [0.717, 1.165) is 0 Å². The van der Waals surface area contributed by atoms with Gasteiger partial charge < -0.3 is 5.32 Å². The summed E-state index contributed by atoms with van der Waals surface area (Å²) in [6.07, 6.45) is 9.14. The second-order valence-electron chi connectivity index (χ2n) is 12.3. The molecule has 172 valence electrons. The topological polar surface area (TPSA) is 12.0 Å². The van der Waals surface area contributed by atoms with E-state index in [2.05, 4.69) is 126 Å². The Kier molecular flexibility index (Phi) is 5.52. The van der Waals surface area contributed by atoms with Crippen molar-refractivity contribution in [2.45, 2.75) is 60.0 Å². The zero-order valence-electron chi connectivity index (χ0n) is 21.1. The van der Waals surface area contributed by atoms with E-state index in [9.17, 15) is 0 Å². The second-order valence-corrected chi connectivity index (χ2v) is 12.3. The maximum absolute atomic E-state index is 4.13. The van der Waals surface area contributed by atoms with Crippen LogP contribution in [0.15, 0.2) is 90.0 Å². The molecule has 0 saturated heterocycles. The van der Waals surface area contributed by atoms with E-state index in [1.165, 1.54) is 28.7 Å². The lowest BCUT2D eigenvalue weighted by molar-refractivity contribution is 0.322. The zero-order valence-corrected chi connectivity index (χ0v) is 21.1. The summed E-state index contributed by atoms with van der Waals surface area (Å²) >= 11 is 0. The van der Waals surface area contributed by atoms with E-state index in [-0.39, 0.29) is 10.8 Å². The molecule has 1 fully saturated rings. The van der Waals surface area contributed by atoms with Crippen LogP contribution >= 0.6 is 0 Å². The molecule has 3 aliphatic rings. The number of rotatable bonds is 2. The first-order valence-corrected chi connectivity index (χ1v) is 12.7. The van der Waals surface area contributed by atoms with Crippen LogP contribution in [0, 0.1) is 28.6 Å². The van der Waals surface area contributed by atoms with E-state index in [0.29, 0.717) is 29.8 Å². The predicted molar refractivity (Wildman–Crippen MR) is 141 cm³/mol. The Balaban J connectivity index is 1.57. The molecule has 0 aromatic heterocycles. The van der Waals surface area contributed by atoms with Crippen LogP contribution in [0.25, 0.3) is 5.57 Å². The molecule has 5 atom stereocenters. The lowest BCUT2D eigenvalue weighted by Gasteiger charge is -2.41. The first kappa shape index (κ1) is 22.4. The number of nitrogens with one attached hydrogen (secondary N) is 1. The molecule has 5 unspecified atom stereocenters. The van der Waals surface area contributed by atoms with Crippen molar-refractivity contribution in [3.63, 3.8) is 0 Å². The highest BCUT2D eigenvalue weighted by Crippen LogP contribution is 2.53. The van der Waals surface area contributed by atoms with Crippen LogP contribution in [-0.2, 0) is 0 Å². The molecule has 5 rings (SSSR count). The fraction of sp³-hybridized carbons (Fsp3) is 0.438. The highest BCUT2D eigenvalue weighted by Gasteiger charge is 2.47. The first-order valence-electron chi connectivity index (χ1n) is 12.7. The van der Waals surface area contributed by atoms with Crippen LogP contribution in [-0.4, -0.2) is 6.04 Å². The van der Waals surface area contributed by atoms with Crippen LogP contribution in [0.2, 0.25) is 0 Å². The van der Waals surface area contributed by atoms with Gasteiger partial charge in [-0.15, -0.1) is 0 Å². The zero-order chi connectivity index (χ0) is 23.4. The number of hydrogen-bond acceptors (Lipinski definition) is 1. The van der Waals surface area contributed by atoms with E-state index in [1.807, 2.05) is 0 Å². The fourth-order valence-electron chi connectivity index (χ4n) is 6.30. The Hall–Kier alpha value is -2.38. The maximum Gasteiger partial charge on any atom is 0.0543 e. The molecular formula is C32H39N. The standard InChI is InChI=1S/C32H39N/c1-31(2,3)27-19-24-23(17-25(27)21-13-9-7-10-14-21)18-29-26(24)20-28(32(4,5)6)30(33-29)22-15-11-8-12-16-22/h7-17,19-20,23-24,26,29-30,33H,18H2,1-6H3. The molecule has 1 saturated carbocycles. The average Bonchev–Trinajstić information content (AvgIpc) is 3.14. The Morgan fingerprint density at radius 1 is 0.697 bits per heavy atom. The van der Waals surface area contributed by atoms with E-state index in [4.69, 9.17) is 0 Å². The molecule has 2 aromatic carbocycles. The quantitative estimate of drug-likeness (QED) is 0.469. The predicted octanol–water partition coefficient (Wildman–Crippen LogP) is 7.99. The van der Waals surface area contributed by atoms with Gasteiger partial charge in [-0.05, 0) is 62.9 Å². The van der Waals surface area contributed by atoms with E-state index < -0.39 is 0 Å². The Morgan fingerprint density at radius 2 is 1.33 bits per heavy atom. The molecular weight excluding hydrogens is 398 g/mol. The van der Waals surface area contributed by atoms with Crippen molar-refractivity contribution in [2.75, 3.05) is 0 Å². The SMILES string of the molecule is CC(C)(C)C1=CC2C(C=C1c1ccccc1)CC1NC(c3ccccc3)C(C(C)(C)C)=CC12. The van der Waals surface area contributed by atoms with Crippen molar-refractivity contribution < 1.29 is 0 Å². The number of fused-ring (bicyclic) bond motifs is 3. The molecule has 0 radical (unpaired) electrons. The van der Waals surface area contributed by atoms with Gasteiger partial charge in [0.05, 0.1) is 6.04 Å². The van der Waals surface area contributed by atoms with E-state index in [1.54, 1.807) is 5.57 Å². The van der Waals surface area contributed by atoms with Crippen molar-refractivity contribution >= 4 is 5.57 Å². The minimum Gasteiger partial charge on any atom is -0.303 e. The van der Waals surface area contributed by atoms with Crippen LogP contribution in [0.1, 0.15) is 65.1 Å². The minimum absolute atomic E-state index is 0.121.